The topological polar surface area (TPSA) is 81.4 Å². The Kier molecular flexibility index (Phi) is 4.02. The van der Waals surface area contributed by atoms with Crippen molar-refractivity contribution in [2.24, 2.45) is 0 Å². The predicted octanol–water partition coefficient (Wildman–Crippen LogP) is 2.00. The fourth-order valence-corrected chi connectivity index (χ4v) is 2.18. The van der Waals surface area contributed by atoms with Gasteiger partial charge in [0.15, 0.2) is 0 Å². The average Bonchev–Trinajstić information content (AvgIpc) is 2.72. The van der Waals surface area contributed by atoms with Gasteiger partial charge in [0, 0.05) is 6.54 Å². The van der Waals surface area contributed by atoms with E-state index in [-0.39, 0.29) is 18.0 Å². The van der Waals surface area contributed by atoms with Crippen LogP contribution in [-0.2, 0) is 16.1 Å². The van der Waals surface area contributed by atoms with E-state index in [1.165, 1.54) is 6.07 Å². The molecule has 6 nitrogen and oxygen atoms in total. The van der Waals surface area contributed by atoms with Gasteiger partial charge in [-0.2, -0.15) is 0 Å². The third-order valence-electron chi connectivity index (χ3n) is 3.03. The molecule has 106 valence electrons. The van der Waals surface area contributed by atoms with Crippen molar-refractivity contribution in [3.63, 3.8) is 0 Å². The highest BCUT2D eigenvalue weighted by atomic mass is 16.5. The number of para-hydroxylation sites is 1. The highest BCUT2D eigenvalue weighted by molar-refractivity contribution is 6.01. The molecule has 0 fully saturated rings. The summed E-state index contributed by atoms with van der Waals surface area (Å²) in [6, 6.07) is 4.95. The number of fused-ring (bicyclic) bond motifs is 1. The van der Waals surface area contributed by atoms with Gasteiger partial charge in [0.05, 0.1) is 29.6 Å². The van der Waals surface area contributed by atoms with Crippen LogP contribution in [-0.4, -0.2) is 33.2 Å². The van der Waals surface area contributed by atoms with Gasteiger partial charge in [-0.15, -0.1) is 0 Å². The Morgan fingerprint density at radius 1 is 1.40 bits per heavy atom. The van der Waals surface area contributed by atoms with Crippen molar-refractivity contribution in [3.05, 3.63) is 29.6 Å². The molecule has 1 heterocycles. The quantitative estimate of drug-likeness (QED) is 0.845. The lowest BCUT2D eigenvalue weighted by Gasteiger charge is -2.08. The number of nitrogens with zero attached hydrogens (tertiary/aromatic N) is 2. The molecular formula is C14H16N2O4. The summed E-state index contributed by atoms with van der Waals surface area (Å²) in [5.41, 5.74) is 1.35. The summed E-state index contributed by atoms with van der Waals surface area (Å²) >= 11 is 0. The van der Waals surface area contributed by atoms with Crippen molar-refractivity contribution in [1.82, 2.24) is 9.55 Å². The van der Waals surface area contributed by atoms with Gasteiger partial charge < -0.3 is 14.4 Å². The number of aromatic carboxylic acids is 1. The lowest BCUT2D eigenvalue weighted by atomic mass is 10.2. The van der Waals surface area contributed by atoms with E-state index in [9.17, 15) is 14.7 Å². The lowest BCUT2D eigenvalue weighted by molar-refractivity contribution is -0.143. The van der Waals surface area contributed by atoms with Crippen LogP contribution in [0, 0.1) is 6.92 Å². The number of aromatic nitrogens is 2. The van der Waals surface area contributed by atoms with Gasteiger partial charge in [0.1, 0.15) is 5.82 Å². The van der Waals surface area contributed by atoms with E-state index in [0.717, 1.165) is 0 Å². The van der Waals surface area contributed by atoms with Crippen molar-refractivity contribution < 1.29 is 19.4 Å². The van der Waals surface area contributed by atoms with Crippen molar-refractivity contribution in [2.45, 2.75) is 26.8 Å². The summed E-state index contributed by atoms with van der Waals surface area (Å²) in [7, 11) is 0. The standard InChI is InChI=1S/C14H16N2O4/c1-3-20-12(17)7-8-16-9(2)15-11-6-4-5-10(13(11)16)14(18)19/h4-6H,3,7-8H2,1-2H3,(H,18,19). The number of hydrogen-bond acceptors (Lipinski definition) is 4. The zero-order valence-corrected chi connectivity index (χ0v) is 11.4. The second-order valence-corrected chi connectivity index (χ2v) is 4.34. The molecule has 0 saturated carbocycles. The van der Waals surface area contributed by atoms with E-state index in [0.29, 0.717) is 30.0 Å². The van der Waals surface area contributed by atoms with Gasteiger partial charge in [-0.3, -0.25) is 4.79 Å². The molecule has 6 heteroatoms. The molecule has 1 N–H and O–H groups in total. The maximum Gasteiger partial charge on any atom is 0.337 e. The summed E-state index contributed by atoms with van der Waals surface area (Å²) in [5, 5.41) is 9.25. The number of ether oxygens (including phenoxy) is 1. The summed E-state index contributed by atoms with van der Waals surface area (Å²) in [6.07, 6.45) is 0.189. The lowest BCUT2D eigenvalue weighted by Crippen LogP contribution is -2.11. The Bertz CT molecular complexity index is 660. The number of carbonyl (C=O) groups excluding carboxylic acids is 1. The number of carboxylic acids is 1. The maximum absolute atomic E-state index is 11.4. The highest BCUT2D eigenvalue weighted by Gasteiger charge is 2.16. The number of hydrogen-bond donors (Lipinski definition) is 1. The molecule has 2 aromatic rings. The van der Waals surface area contributed by atoms with E-state index < -0.39 is 5.97 Å². The largest absolute Gasteiger partial charge is 0.478 e. The van der Waals surface area contributed by atoms with E-state index in [2.05, 4.69) is 4.98 Å². The molecule has 1 aromatic heterocycles. The monoisotopic (exact) mass is 276 g/mol. The Morgan fingerprint density at radius 3 is 2.80 bits per heavy atom. The Labute approximate surface area is 116 Å². The van der Waals surface area contributed by atoms with Crippen molar-refractivity contribution >= 4 is 23.0 Å². The van der Waals surface area contributed by atoms with Crippen LogP contribution in [0.2, 0.25) is 0 Å². The van der Waals surface area contributed by atoms with E-state index in [1.807, 2.05) is 0 Å². The molecule has 0 amide bonds. The minimum Gasteiger partial charge on any atom is -0.478 e. The van der Waals surface area contributed by atoms with E-state index in [4.69, 9.17) is 4.74 Å². The fraction of sp³-hybridized carbons (Fsp3) is 0.357. The number of imidazole rings is 1. The van der Waals surface area contributed by atoms with Gasteiger partial charge in [0.2, 0.25) is 0 Å². The van der Waals surface area contributed by atoms with Crippen LogP contribution < -0.4 is 0 Å². The SMILES string of the molecule is CCOC(=O)CCn1c(C)nc2cccc(C(=O)O)c21. The number of carbonyl (C=O) groups is 2. The molecule has 0 aliphatic heterocycles. The van der Waals surface area contributed by atoms with Crippen LogP contribution in [0.25, 0.3) is 11.0 Å². The van der Waals surface area contributed by atoms with E-state index in [1.54, 1.807) is 30.5 Å². The smallest absolute Gasteiger partial charge is 0.337 e. The molecule has 0 spiro atoms. The van der Waals surface area contributed by atoms with Crippen molar-refractivity contribution in [2.75, 3.05) is 6.61 Å². The van der Waals surface area contributed by atoms with Crippen LogP contribution >= 0.6 is 0 Å². The fourth-order valence-electron chi connectivity index (χ4n) is 2.18. The van der Waals surface area contributed by atoms with E-state index >= 15 is 0 Å². The van der Waals surface area contributed by atoms with Crippen LogP contribution in [0.4, 0.5) is 0 Å². The van der Waals surface area contributed by atoms with Crippen molar-refractivity contribution in [1.29, 1.82) is 0 Å². The summed E-state index contributed by atoms with van der Waals surface area (Å²) in [6.45, 7) is 4.23. The Hall–Kier alpha value is -2.37. The molecule has 0 unspecified atom stereocenters. The highest BCUT2D eigenvalue weighted by Crippen LogP contribution is 2.21. The zero-order valence-electron chi connectivity index (χ0n) is 11.4. The summed E-state index contributed by atoms with van der Waals surface area (Å²) in [4.78, 5) is 27.0. The number of benzene rings is 1. The molecule has 0 bridgehead atoms. The molecule has 0 aliphatic rings. The van der Waals surface area contributed by atoms with Crippen LogP contribution in [0.3, 0.4) is 0 Å². The molecule has 1 aromatic carbocycles. The Balaban J connectivity index is 2.39. The number of rotatable bonds is 5. The molecule has 2 rings (SSSR count). The second kappa shape index (κ2) is 5.73. The van der Waals surface area contributed by atoms with Gasteiger partial charge in [0.25, 0.3) is 0 Å². The van der Waals surface area contributed by atoms with Crippen LogP contribution in [0.5, 0.6) is 0 Å². The third kappa shape index (κ3) is 2.64. The van der Waals surface area contributed by atoms with Crippen molar-refractivity contribution in [3.8, 4) is 0 Å². The molecule has 0 aliphatic carbocycles. The molecule has 0 atom stereocenters. The maximum atomic E-state index is 11.4. The number of esters is 1. The molecule has 20 heavy (non-hydrogen) atoms. The van der Waals surface area contributed by atoms with Gasteiger partial charge in [-0.25, -0.2) is 9.78 Å². The first kappa shape index (κ1) is 14.0. The molecule has 0 saturated heterocycles. The molecule has 0 radical (unpaired) electrons. The summed E-state index contributed by atoms with van der Waals surface area (Å²) in [5.74, 6) is -0.632. The normalized spacial score (nSPS) is 10.7. The second-order valence-electron chi connectivity index (χ2n) is 4.34. The number of aryl methyl sites for hydroxylation is 2. The van der Waals surface area contributed by atoms with Crippen LogP contribution in [0.15, 0.2) is 18.2 Å². The number of carboxylic acid groups (broad SMARTS) is 1. The van der Waals surface area contributed by atoms with Gasteiger partial charge >= 0.3 is 11.9 Å². The zero-order chi connectivity index (χ0) is 14.7. The minimum absolute atomic E-state index is 0.187. The average molecular weight is 276 g/mol. The van der Waals surface area contributed by atoms with Gasteiger partial charge in [-0.1, -0.05) is 6.07 Å². The first-order valence-electron chi connectivity index (χ1n) is 6.39. The Morgan fingerprint density at radius 2 is 2.15 bits per heavy atom. The minimum atomic E-state index is -1.01. The first-order valence-corrected chi connectivity index (χ1v) is 6.39. The third-order valence-corrected chi connectivity index (χ3v) is 3.03. The molecular weight excluding hydrogens is 260 g/mol. The van der Waals surface area contributed by atoms with Crippen LogP contribution in [0.1, 0.15) is 29.5 Å². The first-order chi connectivity index (χ1) is 9.54. The summed E-state index contributed by atoms with van der Waals surface area (Å²) < 4.78 is 6.63. The predicted molar refractivity (Wildman–Crippen MR) is 72.7 cm³/mol. The van der Waals surface area contributed by atoms with Gasteiger partial charge in [-0.05, 0) is 26.0 Å².